The van der Waals surface area contributed by atoms with Gasteiger partial charge in [0.1, 0.15) is 5.75 Å². The highest BCUT2D eigenvalue weighted by Crippen LogP contribution is 2.21. The summed E-state index contributed by atoms with van der Waals surface area (Å²) in [5.41, 5.74) is 4.17. The Kier molecular flexibility index (Phi) is 5.95. The van der Waals surface area contributed by atoms with Crippen molar-refractivity contribution in [2.24, 2.45) is 19.2 Å². The zero-order valence-corrected chi connectivity index (χ0v) is 19.1. The Balaban J connectivity index is 1.76. The molecule has 0 spiro atoms. The van der Waals surface area contributed by atoms with E-state index in [4.69, 9.17) is 0 Å². The van der Waals surface area contributed by atoms with Crippen molar-refractivity contribution in [1.29, 1.82) is 0 Å². The van der Waals surface area contributed by atoms with Gasteiger partial charge < -0.3 is 9.67 Å². The van der Waals surface area contributed by atoms with Gasteiger partial charge in [-0.1, -0.05) is 46.3 Å². The van der Waals surface area contributed by atoms with E-state index in [1.54, 1.807) is 29.8 Å². The predicted molar refractivity (Wildman–Crippen MR) is 127 cm³/mol. The summed E-state index contributed by atoms with van der Waals surface area (Å²) in [6.07, 6.45) is 2.11. The molecule has 0 radical (unpaired) electrons. The number of imidazole rings is 1. The van der Waals surface area contributed by atoms with Crippen LogP contribution in [-0.2, 0) is 27.1 Å². The van der Waals surface area contributed by atoms with Gasteiger partial charge in [-0.15, -0.1) is 0 Å². The van der Waals surface area contributed by atoms with Crippen molar-refractivity contribution in [1.82, 2.24) is 18.7 Å². The number of phenols is 1. The number of phenolic OH excluding ortho intramolecular Hbond substituents is 1. The standard InChI is InChI=1S/C22H21BrN6O3/c1-27-19-18(20(31)28(2)22(27)32)29(11-10-14-6-4-3-5-7-14)21(25-19)26-24-13-15-12-16(23)8-9-17(15)30/h3-9,12-13,30H,10-11H2,1-2H3,(H,25,26). The van der Waals surface area contributed by atoms with Crippen molar-refractivity contribution in [2.75, 3.05) is 5.43 Å². The number of anilines is 1. The summed E-state index contributed by atoms with van der Waals surface area (Å²) >= 11 is 3.36. The van der Waals surface area contributed by atoms with Gasteiger partial charge in [0.05, 0.1) is 6.21 Å². The number of hydrogen-bond acceptors (Lipinski definition) is 6. The lowest BCUT2D eigenvalue weighted by Crippen LogP contribution is -2.37. The number of aromatic nitrogens is 4. The first-order valence-electron chi connectivity index (χ1n) is 9.84. The van der Waals surface area contributed by atoms with E-state index in [0.717, 1.165) is 14.6 Å². The molecule has 0 bridgehead atoms. The molecule has 9 nitrogen and oxygen atoms in total. The molecule has 4 aromatic rings. The molecule has 0 unspecified atom stereocenters. The minimum atomic E-state index is -0.454. The number of hydrogen-bond donors (Lipinski definition) is 2. The third-order valence-corrected chi connectivity index (χ3v) is 5.67. The highest BCUT2D eigenvalue weighted by molar-refractivity contribution is 9.10. The van der Waals surface area contributed by atoms with Crippen molar-refractivity contribution in [3.05, 3.63) is 85.0 Å². The second-order valence-electron chi connectivity index (χ2n) is 7.27. The molecular weight excluding hydrogens is 476 g/mol. The van der Waals surface area contributed by atoms with Crippen molar-refractivity contribution >= 4 is 39.3 Å². The maximum absolute atomic E-state index is 12.9. The van der Waals surface area contributed by atoms with Gasteiger partial charge in [-0.2, -0.15) is 10.1 Å². The topological polar surface area (TPSA) is 106 Å². The van der Waals surface area contributed by atoms with E-state index in [-0.39, 0.29) is 11.4 Å². The Morgan fingerprint density at radius 3 is 2.62 bits per heavy atom. The van der Waals surface area contributed by atoms with Crippen molar-refractivity contribution in [3.8, 4) is 5.75 Å². The summed E-state index contributed by atoms with van der Waals surface area (Å²) in [6.45, 7) is 0.452. The molecule has 0 fully saturated rings. The predicted octanol–water partition coefficient (Wildman–Crippen LogP) is 2.59. The lowest BCUT2D eigenvalue weighted by atomic mass is 10.1. The zero-order chi connectivity index (χ0) is 22.8. The largest absolute Gasteiger partial charge is 0.507 e. The van der Waals surface area contributed by atoms with Crippen molar-refractivity contribution < 1.29 is 5.11 Å². The number of aryl methyl sites for hydroxylation is 3. The minimum Gasteiger partial charge on any atom is -0.507 e. The highest BCUT2D eigenvalue weighted by Gasteiger charge is 2.19. The van der Waals surface area contributed by atoms with Gasteiger partial charge in [0.2, 0.25) is 5.95 Å². The summed E-state index contributed by atoms with van der Waals surface area (Å²) < 4.78 is 4.92. The minimum absolute atomic E-state index is 0.0765. The summed E-state index contributed by atoms with van der Waals surface area (Å²) in [4.78, 5) is 29.7. The van der Waals surface area contributed by atoms with Crippen LogP contribution in [0.15, 0.2) is 67.7 Å². The number of rotatable bonds is 6. The smallest absolute Gasteiger partial charge is 0.332 e. The number of nitrogens with zero attached hydrogens (tertiary/aromatic N) is 5. The van der Waals surface area contributed by atoms with Crippen LogP contribution >= 0.6 is 15.9 Å². The summed E-state index contributed by atoms with van der Waals surface area (Å²) in [7, 11) is 3.02. The summed E-state index contributed by atoms with van der Waals surface area (Å²) in [5, 5.41) is 14.2. The molecule has 2 N–H and O–H groups in total. The monoisotopic (exact) mass is 496 g/mol. The number of fused-ring (bicyclic) bond motifs is 1. The molecule has 0 aliphatic rings. The highest BCUT2D eigenvalue weighted by atomic mass is 79.9. The van der Waals surface area contributed by atoms with Crippen LogP contribution in [0.1, 0.15) is 11.1 Å². The van der Waals surface area contributed by atoms with E-state index < -0.39 is 11.2 Å². The molecule has 4 rings (SSSR count). The Morgan fingerprint density at radius 2 is 1.88 bits per heavy atom. The van der Waals surface area contributed by atoms with E-state index in [2.05, 4.69) is 31.4 Å². The van der Waals surface area contributed by atoms with Crippen LogP contribution in [0.5, 0.6) is 5.75 Å². The van der Waals surface area contributed by atoms with Gasteiger partial charge in [0.15, 0.2) is 11.2 Å². The van der Waals surface area contributed by atoms with Gasteiger partial charge in [-0.3, -0.25) is 13.9 Å². The molecule has 0 saturated carbocycles. The second-order valence-corrected chi connectivity index (χ2v) is 8.19. The molecule has 0 aliphatic heterocycles. The van der Waals surface area contributed by atoms with Gasteiger partial charge in [-0.25, -0.2) is 10.2 Å². The van der Waals surface area contributed by atoms with E-state index in [9.17, 15) is 14.7 Å². The fourth-order valence-electron chi connectivity index (χ4n) is 3.42. The number of nitrogens with one attached hydrogen (secondary N) is 1. The van der Waals surface area contributed by atoms with E-state index in [1.807, 2.05) is 30.3 Å². The Labute approximate surface area is 191 Å². The van der Waals surface area contributed by atoms with Crippen LogP contribution in [0.4, 0.5) is 5.95 Å². The molecule has 32 heavy (non-hydrogen) atoms. The normalized spacial score (nSPS) is 11.5. The van der Waals surface area contributed by atoms with Crippen LogP contribution in [0.3, 0.4) is 0 Å². The zero-order valence-electron chi connectivity index (χ0n) is 17.5. The van der Waals surface area contributed by atoms with Crippen LogP contribution in [0.2, 0.25) is 0 Å². The first kappa shape index (κ1) is 21.6. The molecule has 164 valence electrons. The number of hydrazone groups is 1. The van der Waals surface area contributed by atoms with Crippen LogP contribution in [0, 0.1) is 0 Å². The van der Waals surface area contributed by atoms with Gasteiger partial charge in [-0.05, 0) is 30.2 Å². The lowest BCUT2D eigenvalue weighted by molar-refractivity contribution is 0.474. The fourth-order valence-corrected chi connectivity index (χ4v) is 3.80. The molecule has 10 heteroatoms. The number of benzene rings is 2. The number of aromatic hydroxyl groups is 1. The van der Waals surface area contributed by atoms with Crippen LogP contribution in [-0.4, -0.2) is 30.0 Å². The molecule has 2 heterocycles. The second kappa shape index (κ2) is 8.83. The third-order valence-electron chi connectivity index (χ3n) is 5.17. The Hall–Kier alpha value is -3.66. The Morgan fingerprint density at radius 1 is 1.12 bits per heavy atom. The maximum Gasteiger partial charge on any atom is 0.332 e. The summed E-state index contributed by atoms with van der Waals surface area (Å²) in [5.74, 6) is 0.396. The van der Waals surface area contributed by atoms with Crippen molar-refractivity contribution in [2.45, 2.75) is 13.0 Å². The van der Waals surface area contributed by atoms with Gasteiger partial charge >= 0.3 is 5.69 Å². The lowest BCUT2D eigenvalue weighted by Gasteiger charge is -2.09. The molecule has 2 aromatic carbocycles. The number of halogens is 1. The van der Waals surface area contributed by atoms with E-state index in [1.165, 1.54) is 17.8 Å². The maximum atomic E-state index is 12.9. The molecule has 2 aromatic heterocycles. The average molecular weight is 497 g/mol. The third kappa shape index (κ3) is 4.09. The van der Waals surface area contributed by atoms with Crippen LogP contribution in [0.25, 0.3) is 11.2 Å². The first-order valence-corrected chi connectivity index (χ1v) is 10.6. The quantitative estimate of drug-likeness (QED) is 0.315. The molecule has 0 amide bonds. The SMILES string of the molecule is Cn1c(=O)c2c(nc(NN=Cc3cc(Br)ccc3O)n2CCc2ccccc2)n(C)c1=O. The van der Waals surface area contributed by atoms with Crippen molar-refractivity contribution in [3.63, 3.8) is 0 Å². The average Bonchev–Trinajstić information content (AvgIpc) is 3.16. The molecule has 0 aliphatic carbocycles. The van der Waals surface area contributed by atoms with E-state index in [0.29, 0.717) is 30.0 Å². The van der Waals surface area contributed by atoms with Crippen LogP contribution < -0.4 is 16.7 Å². The van der Waals surface area contributed by atoms with E-state index >= 15 is 0 Å². The fraction of sp³-hybridized carbons (Fsp3) is 0.182. The molecular formula is C22H21BrN6O3. The van der Waals surface area contributed by atoms with Gasteiger partial charge in [0, 0.05) is 30.7 Å². The Bertz CT molecular complexity index is 1440. The van der Waals surface area contributed by atoms with Gasteiger partial charge in [0.25, 0.3) is 5.56 Å². The first-order chi connectivity index (χ1) is 15.4. The summed E-state index contributed by atoms with van der Waals surface area (Å²) in [6, 6.07) is 14.9. The molecule has 0 atom stereocenters. The molecule has 0 saturated heterocycles.